The first-order chi connectivity index (χ1) is 14.2. The van der Waals surface area contributed by atoms with Gasteiger partial charge in [0.25, 0.3) is 5.91 Å². The number of hydrogen-bond acceptors (Lipinski definition) is 6. The van der Waals surface area contributed by atoms with E-state index in [0.29, 0.717) is 42.0 Å². The number of aliphatic carboxylic acids is 2. The minimum absolute atomic E-state index is 0.0688. The van der Waals surface area contributed by atoms with E-state index in [0.717, 1.165) is 0 Å². The Balaban J connectivity index is 1.61. The molecule has 30 heavy (non-hydrogen) atoms. The van der Waals surface area contributed by atoms with E-state index in [4.69, 9.17) is 25.8 Å². The Hall–Kier alpha value is -3.40. The van der Waals surface area contributed by atoms with Crippen LogP contribution in [-0.4, -0.2) is 64.0 Å². The molecule has 0 unspecified atom stereocenters. The standard InChI is InChI=1S/C20H24N4O6/c21-19(22)11-1-6-15-12(7-11)10-30-18(15)20(29)23-13-2-4-14(5-3-13)24(8-16(25)26)9-17(27)28/h1,6-7,10,13-14H,2-5,8-9H2,(H3,21,22)(H,23,29)(H,25,26)(H,27,28). The molecular weight excluding hydrogens is 392 g/mol. The van der Waals surface area contributed by atoms with Crippen molar-refractivity contribution in [3.63, 3.8) is 0 Å². The van der Waals surface area contributed by atoms with Crippen LogP contribution in [0.2, 0.25) is 0 Å². The number of carbonyl (C=O) groups is 3. The first kappa shape index (κ1) is 21.3. The van der Waals surface area contributed by atoms with E-state index < -0.39 is 11.9 Å². The van der Waals surface area contributed by atoms with Crippen LogP contribution in [0.25, 0.3) is 10.8 Å². The molecule has 1 aliphatic rings. The summed E-state index contributed by atoms with van der Waals surface area (Å²) in [5.41, 5.74) is 6.03. The summed E-state index contributed by atoms with van der Waals surface area (Å²) >= 11 is 0. The topological polar surface area (TPSA) is 170 Å². The lowest BCUT2D eigenvalue weighted by Gasteiger charge is -2.35. The molecular formula is C20H24N4O6. The summed E-state index contributed by atoms with van der Waals surface area (Å²) < 4.78 is 5.44. The number of nitrogen functional groups attached to an aromatic ring is 1. The first-order valence-corrected chi connectivity index (χ1v) is 9.58. The SMILES string of the molecule is N=C(N)c1ccc2c(C(=O)NC3CCC(N(CC(=O)O)CC(=O)O)CC3)occ2c1. The monoisotopic (exact) mass is 416 g/mol. The lowest BCUT2D eigenvalue weighted by Crippen LogP contribution is -2.47. The molecule has 3 rings (SSSR count). The van der Waals surface area contributed by atoms with Gasteiger partial charge in [0, 0.05) is 28.4 Å². The Bertz CT molecular complexity index is 961. The van der Waals surface area contributed by atoms with E-state index in [9.17, 15) is 14.4 Å². The second-order valence-electron chi connectivity index (χ2n) is 7.45. The van der Waals surface area contributed by atoms with Crippen LogP contribution in [0, 0.1) is 5.41 Å². The zero-order valence-corrected chi connectivity index (χ0v) is 16.3. The fourth-order valence-corrected chi connectivity index (χ4v) is 3.89. The number of carboxylic acid groups (broad SMARTS) is 2. The maximum Gasteiger partial charge on any atom is 0.317 e. The largest absolute Gasteiger partial charge is 0.480 e. The highest BCUT2D eigenvalue weighted by molar-refractivity contribution is 6.07. The fraction of sp³-hybridized carbons (Fsp3) is 0.400. The zero-order valence-electron chi connectivity index (χ0n) is 16.3. The van der Waals surface area contributed by atoms with Gasteiger partial charge in [0.2, 0.25) is 0 Å². The summed E-state index contributed by atoms with van der Waals surface area (Å²) in [5.74, 6) is -2.37. The number of benzene rings is 1. The van der Waals surface area contributed by atoms with Crippen LogP contribution < -0.4 is 11.1 Å². The fourth-order valence-electron chi connectivity index (χ4n) is 3.89. The molecule has 1 aromatic heterocycles. The van der Waals surface area contributed by atoms with Crippen molar-refractivity contribution in [1.82, 2.24) is 10.2 Å². The normalized spacial score (nSPS) is 19.0. The van der Waals surface area contributed by atoms with Crippen LogP contribution in [0.5, 0.6) is 0 Å². The predicted molar refractivity (Wildman–Crippen MR) is 108 cm³/mol. The van der Waals surface area contributed by atoms with Crippen molar-refractivity contribution < 1.29 is 29.0 Å². The van der Waals surface area contributed by atoms with E-state index in [-0.39, 0.29) is 42.7 Å². The third-order valence-electron chi connectivity index (χ3n) is 5.34. The van der Waals surface area contributed by atoms with Gasteiger partial charge in [-0.1, -0.05) is 6.07 Å². The molecule has 1 heterocycles. The average Bonchev–Trinajstić information content (AvgIpc) is 3.10. The molecule has 2 aromatic rings. The van der Waals surface area contributed by atoms with Gasteiger partial charge in [0.1, 0.15) is 5.84 Å². The van der Waals surface area contributed by atoms with Crippen molar-refractivity contribution in [2.45, 2.75) is 37.8 Å². The molecule has 1 aromatic carbocycles. The molecule has 0 aliphatic heterocycles. The Morgan fingerprint density at radius 2 is 1.77 bits per heavy atom. The number of carbonyl (C=O) groups excluding carboxylic acids is 1. The summed E-state index contributed by atoms with van der Waals surface area (Å²) in [7, 11) is 0. The molecule has 6 N–H and O–H groups in total. The summed E-state index contributed by atoms with van der Waals surface area (Å²) in [5, 5.41) is 29.8. The van der Waals surface area contributed by atoms with Gasteiger partial charge in [-0.15, -0.1) is 0 Å². The Morgan fingerprint density at radius 3 is 2.33 bits per heavy atom. The summed E-state index contributed by atoms with van der Waals surface area (Å²) in [4.78, 5) is 36.2. The quantitative estimate of drug-likeness (QED) is 0.316. The van der Waals surface area contributed by atoms with Gasteiger partial charge in [-0.25, -0.2) is 0 Å². The molecule has 160 valence electrons. The maximum absolute atomic E-state index is 12.7. The van der Waals surface area contributed by atoms with E-state index in [2.05, 4.69) is 5.32 Å². The molecule has 0 bridgehead atoms. The molecule has 1 aliphatic carbocycles. The molecule has 10 heteroatoms. The van der Waals surface area contributed by atoms with Crippen LogP contribution in [0.3, 0.4) is 0 Å². The minimum atomic E-state index is -1.07. The third kappa shape index (κ3) is 4.95. The second-order valence-corrected chi connectivity index (χ2v) is 7.45. The lowest BCUT2D eigenvalue weighted by molar-refractivity contribution is -0.143. The van der Waals surface area contributed by atoms with Crippen molar-refractivity contribution in [3.05, 3.63) is 35.8 Å². The highest BCUT2D eigenvalue weighted by Crippen LogP contribution is 2.26. The number of fused-ring (bicyclic) bond motifs is 1. The van der Waals surface area contributed by atoms with Gasteiger partial charge in [-0.3, -0.25) is 24.7 Å². The van der Waals surface area contributed by atoms with E-state index >= 15 is 0 Å². The second kappa shape index (κ2) is 8.95. The first-order valence-electron chi connectivity index (χ1n) is 9.58. The number of furan rings is 1. The number of carboxylic acids is 2. The predicted octanol–water partition coefficient (Wildman–Crippen LogP) is 1.23. The van der Waals surface area contributed by atoms with Crippen LogP contribution in [0.4, 0.5) is 0 Å². The summed E-state index contributed by atoms with van der Waals surface area (Å²) in [6, 6.07) is 4.77. The maximum atomic E-state index is 12.7. The Labute approximate surface area is 172 Å². The van der Waals surface area contributed by atoms with E-state index in [1.807, 2.05) is 0 Å². The number of nitrogens with zero attached hydrogens (tertiary/aromatic N) is 1. The van der Waals surface area contributed by atoms with Crippen molar-refractivity contribution >= 4 is 34.5 Å². The molecule has 0 atom stereocenters. The highest BCUT2D eigenvalue weighted by atomic mass is 16.4. The van der Waals surface area contributed by atoms with Crippen LogP contribution in [0.15, 0.2) is 28.9 Å². The smallest absolute Gasteiger partial charge is 0.317 e. The highest BCUT2D eigenvalue weighted by Gasteiger charge is 2.29. The van der Waals surface area contributed by atoms with Crippen molar-refractivity contribution in [3.8, 4) is 0 Å². The van der Waals surface area contributed by atoms with Gasteiger partial charge in [0.15, 0.2) is 5.76 Å². The molecule has 1 amide bonds. The van der Waals surface area contributed by atoms with E-state index in [1.165, 1.54) is 11.2 Å². The lowest BCUT2D eigenvalue weighted by atomic mass is 9.90. The molecule has 0 spiro atoms. The van der Waals surface area contributed by atoms with Gasteiger partial charge in [-0.2, -0.15) is 0 Å². The average molecular weight is 416 g/mol. The van der Waals surface area contributed by atoms with Crippen LogP contribution >= 0.6 is 0 Å². The van der Waals surface area contributed by atoms with Gasteiger partial charge in [0.05, 0.1) is 19.4 Å². The number of nitrogens with one attached hydrogen (secondary N) is 2. The van der Waals surface area contributed by atoms with Crippen LogP contribution in [-0.2, 0) is 9.59 Å². The number of amidine groups is 1. The van der Waals surface area contributed by atoms with Gasteiger partial charge >= 0.3 is 11.9 Å². The Morgan fingerprint density at radius 1 is 1.13 bits per heavy atom. The van der Waals surface area contributed by atoms with Crippen LogP contribution in [0.1, 0.15) is 41.8 Å². The van der Waals surface area contributed by atoms with Gasteiger partial charge in [-0.05, 0) is 37.8 Å². The molecule has 1 fully saturated rings. The molecule has 10 nitrogen and oxygen atoms in total. The van der Waals surface area contributed by atoms with Crippen molar-refractivity contribution in [1.29, 1.82) is 5.41 Å². The number of amides is 1. The molecule has 0 saturated heterocycles. The molecule has 0 radical (unpaired) electrons. The minimum Gasteiger partial charge on any atom is -0.480 e. The van der Waals surface area contributed by atoms with Gasteiger partial charge < -0.3 is 25.7 Å². The van der Waals surface area contributed by atoms with Crippen molar-refractivity contribution in [2.75, 3.05) is 13.1 Å². The number of nitrogens with two attached hydrogens (primary N) is 1. The number of hydrogen-bond donors (Lipinski definition) is 5. The Kier molecular flexibility index (Phi) is 6.36. The van der Waals surface area contributed by atoms with E-state index in [1.54, 1.807) is 18.2 Å². The zero-order chi connectivity index (χ0) is 21.8. The summed E-state index contributed by atoms with van der Waals surface area (Å²) in [6.07, 6.45) is 3.85. The number of rotatable bonds is 8. The van der Waals surface area contributed by atoms with Crippen molar-refractivity contribution in [2.24, 2.45) is 5.73 Å². The summed E-state index contributed by atoms with van der Waals surface area (Å²) in [6.45, 7) is -0.650. The third-order valence-corrected chi connectivity index (χ3v) is 5.34. The molecule has 1 saturated carbocycles.